The minimum absolute atomic E-state index is 0.123. The fourth-order valence-electron chi connectivity index (χ4n) is 3.15. The molecule has 1 aliphatic rings. The van der Waals surface area contributed by atoms with E-state index >= 15 is 0 Å². The molecule has 122 valence electrons. The lowest BCUT2D eigenvalue weighted by Gasteiger charge is -2.09. The van der Waals surface area contributed by atoms with Gasteiger partial charge in [-0.2, -0.15) is 0 Å². The summed E-state index contributed by atoms with van der Waals surface area (Å²) < 4.78 is 5.21. The van der Waals surface area contributed by atoms with Gasteiger partial charge < -0.3 is 4.74 Å². The van der Waals surface area contributed by atoms with Crippen molar-refractivity contribution in [2.75, 3.05) is 7.11 Å². The number of Topliss-reactive ketones (excluding diaryl/α,β-unsaturated/α-hetero) is 1. The van der Waals surface area contributed by atoms with Crippen molar-refractivity contribution in [3.8, 4) is 16.9 Å². The van der Waals surface area contributed by atoms with Crippen LogP contribution in [-0.2, 0) is 0 Å². The summed E-state index contributed by atoms with van der Waals surface area (Å²) in [5.74, 6) is 0.644. The van der Waals surface area contributed by atoms with E-state index in [4.69, 9.17) is 16.3 Å². The Bertz CT molecular complexity index is 986. The summed E-state index contributed by atoms with van der Waals surface area (Å²) in [5, 5.41) is 0.269. The van der Waals surface area contributed by atoms with E-state index in [0.29, 0.717) is 5.56 Å². The Kier molecular flexibility index (Phi) is 3.90. The molecule has 25 heavy (non-hydrogen) atoms. The highest BCUT2D eigenvalue weighted by molar-refractivity contribution is 6.51. The van der Waals surface area contributed by atoms with Crippen molar-refractivity contribution in [3.05, 3.63) is 94.5 Å². The van der Waals surface area contributed by atoms with Gasteiger partial charge in [0.15, 0.2) is 0 Å². The molecule has 2 nitrogen and oxygen atoms in total. The topological polar surface area (TPSA) is 26.3 Å². The smallest absolute Gasteiger partial charge is 0.205 e. The van der Waals surface area contributed by atoms with Crippen LogP contribution in [0.1, 0.15) is 21.5 Å². The highest BCUT2D eigenvalue weighted by atomic mass is 35.5. The van der Waals surface area contributed by atoms with E-state index in [-0.39, 0.29) is 10.8 Å². The van der Waals surface area contributed by atoms with E-state index in [1.165, 1.54) is 0 Å². The number of halogens is 1. The third-order valence-corrected chi connectivity index (χ3v) is 4.80. The maximum Gasteiger partial charge on any atom is 0.205 e. The molecule has 3 aromatic carbocycles. The summed E-state index contributed by atoms with van der Waals surface area (Å²) in [6.45, 7) is 0. The number of carbonyl (C=O) groups is 1. The van der Waals surface area contributed by atoms with Gasteiger partial charge in [0, 0.05) is 11.1 Å². The lowest BCUT2D eigenvalue weighted by atomic mass is 9.95. The number of hydrogen-bond acceptors (Lipinski definition) is 2. The van der Waals surface area contributed by atoms with Crippen molar-refractivity contribution in [2.24, 2.45) is 0 Å². The number of hydrogen-bond donors (Lipinski definition) is 0. The summed E-state index contributed by atoms with van der Waals surface area (Å²) >= 11 is 6.40. The minimum atomic E-state index is -0.123. The number of methoxy groups -OCH3 is 1. The maximum atomic E-state index is 12.5. The Morgan fingerprint density at radius 3 is 2.12 bits per heavy atom. The van der Waals surface area contributed by atoms with Crippen molar-refractivity contribution in [3.63, 3.8) is 0 Å². The zero-order valence-corrected chi connectivity index (χ0v) is 14.4. The Labute approximate surface area is 151 Å². The summed E-state index contributed by atoms with van der Waals surface area (Å²) in [7, 11) is 1.63. The number of carbonyl (C=O) groups excluding carboxylic acids is 1. The SMILES string of the molecule is COc1ccc(C2=C(Cl)C(=O)c3ccc(-c4ccccc4)cc32)cc1. The largest absolute Gasteiger partial charge is 0.497 e. The number of allylic oxidation sites excluding steroid dienone is 1. The first-order chi connectivity index (χ1) is 12.2. The number of ether oxygens (including phenoxy) is 1. The van der Waals surface area contributed by atoms with E-state index in [1.54, 1.807) is 7.11 Å². The quantitative estimate of drug-likeness (QED) is 0.621. The first-order valence-electron chi connectivity index (χ1n) is 7.98. The van der Waals surface area contributed by atoms with Crippen LogP contribution in [0, 0.1) is 0 Å². The summed E-state index contributed by atoms with van der Waals surface area (Å²) in [6.07, 6.45) is 0. The Hall–Kier alpha value is -2.84. The van der Waals surface area contributed by atoms with Crippen molar-refractivity contribution in [1.29, 1.82) is 0 Å². The molecule has 0 heterocycles. The Morgan fingerprint density at radius 2 is 1.44 bits per heavy atom. The Morgan fingerprint density at radius 1 is 0.760 bits per heavy atom. The average molecular weight is 347 g/mol. The van der Waals surface area contributed by atoms with E-state index in [0.717, 1.165) is 33.6 Å². The molecular weight excluding hydrogens is 332 g/mol. The number of benzene rings is 3. The first-order valence-corrected chi connectivity index (χ1v) is 8.35. The summed E-state index contributed by atoms with van der Waals surface area (Å²) in [6, 6.07) is 23.5. The van der Waals surface area contributed by atoms with E-state index < -0.39 is 0 Å². The van der Waals surface area contributed by atoms with Crippen LogP contribution in [-0.4, -0.2) is 12.9 Å². The molecule has 0 aromatic heterocycles. The minimum Gasteiger partial charge on any atom is -0.497 e. The molecule has 3 heteroatoms. The molecule has 0 unspecified atom stereocenters. The molecule has 0 fully saturated rings. The van der Waals surface area contributed by atoms with Gasteiger partial charge in [0.1, 0.15) is 5.75 Å². The molecule has 0 spiro atoms. The average Bonchev–Trinajstić information content (AvgIpc) is 2.93. The molecular formula is C22H15ClO2. The van der Waals surface area contributed by atoms with E-state index in [1.807, 2.05) is 60.7 Å². The third kappa shape index (κ3) is 2.65. The van der Waals surface area contributed by atoms with Gasteiger partial charge in [0.2, 0.25) is 5.78 Å². The maximum absolute atomic E-state index is 12.5. The van der Waals surface area contributed by atoms with Crippen LogP contribution in [0.4, 0.5) is 0 Å². The molecule has 0 saturated carbocycles. The van der Waals surface area contributed by atoms with Gasteiger partial charge in [-0.3, -0.25) is 4.79 Å². The van der Waals surface area contributed by atoms with Gasteiger partial charge in [-0.25, -0.2) is 0 Å². The molecule has 0 bridgehead atoms. The van der Waals surface area contributed by atoms with Gasteiger partial charge in [-0.15, -0.1) is 0 Å². The fourth-order valence-corrected chi connectivity index (χ4v) is 3.46. The Balaban J connectivity index is 1.86. The van der Waals surface area contributed by atoms with Crippen LogP contribution >= 0.6 is 11.6 Å². The van der Waals surface area contributed by atoms with Crippen LogP contribution in [0.2, 0.25) is 0 Å². The van der Waals surface area contributed by atoms with Crippen LogP contribution < -0.4 is 4.74 Å². The highest BCUT2D eigenvalue weighted by Crippen LogP contribution is 2.41. The molecule has 0 aliphatic heterocycles. The second-order valence-corrected chi connectivity index (χ2v) is 6.25. The normalized spacial score (nSPS) is 13.1. The van der Waals surface area contributed by atoms with E-state index in [9.17, 15) is 4.79 Å². The first kappa shape index (κ1) is 15.7. The molecule has 4 rings (SSSR count). The monoisotopic (exact) mass is 346 g/mol. The molecule has 1 aliphatic carbocycles. The highest BCUT2D eigenvalue weighted by Gasteiger charge is 2.29. The van der Waals surface area contributed by atoms with Crippen LogP contribution in [0.5, 0.6) is 5.75 Å². The predicted molar refractivity (Wildman–Crippen MR) is 101 cm³/mol. The number of rotatable bonds is 3. The van der Waals surface area contributed by atoms with Crippen LogP contribution in [0.25, 0.3) is 16.7 Å². The van der Waals surface area contributed by atoms with Crippen molar-refractivity contribution >= 4 is 23.0 Å². The molecule has 0 radical (unpaired) electrons. The summed E-state index contributed by atoms with van der Waals surface area (Å²) in [4.78, 5) is 12.5. The predicted octanol–water partition coefficient (Wildman–Crippen LogP) is 5.56. The third-order valence-electron chi connectivity index (χ3n) is 4.44. The van der Waals surface area contributed by atoms with Gasteiger partial charge in [0.25, 0.3) is 0 Å². The zero-order valence-electron chi connectivity index (χ0n) is 13.6. The van der Waals surface area contributed by atoms with Gasteiger partial charge in [-0.1, -0.05) is 60.1 Å². The molecule has 0 atom stereocenters. The second-order valence-electron chi connectivity index (χ2n) is 5.87. The molecule has 3 aromatic rings. The van der Waals surface area contributed by atoms with Crippen molar-refractivity contribution in [2.45, 2.75) is 0 Å². The molecule has 0 amide bonds. The van der Waals surface area contributed by atoms with Gasteiger partial charge in [-0.05, 0) is 46.5 Å². The standard InChI is InChI=1S/C22H15ClO2/c1-25-17-10-7-15(8-11-17)20-19-13-16(14-5-3-2-4-6-14)9-12-18(19)22(24)21(20)23/h2-13H,1H3. The lowest BCUT2D eigenvalue weighted by molar-refractivity contribution is 0.104. The van der Waals surface area contributed by atoms with E-state index in [2.05, 4.69) is 12.1 Å². The number of ketones is 1. The van der Waals surface area contributed by atoms with Crippen LogP contribution in [0.15, 0.2) is 77.8 Å². The fraction of sp³-hybridized carbons (Fsp3) is 0.0455. The van der Waals surface area contributed by atoms with Gasteiger partial charge in [0.05, 0.1) is 12.1 Å². The molecule has 0 N–H and O–H groups in total. The van der Waals surface area contributed by atoms with Crippen molar-refractivity contribution < 1.29 is 9.53 Å². The lowest BCUT2D eigenvalue weighted by Crippen LogP contribution is -1.94. The van der Waals surface area contributed by atoms with Crippen molar-refractivity contribution in [1.82, 2.24) is 0 Å². The number of fused-ring (bicyclic) bond motifs is 1. The second kappa shape index (κ2) is 6.23. The zero-order chi connectivity index (χ0) is 17.4. The van der Waals surface area contributed by atoms with Gasteiger partial charge >= 0.3 is 0 Å². The van der Waals surface area contributed by atoms with Crippen LogP contribution in [0.3, 0.4) is 0 Å². The summed E-state index contributed by atoms with van der Waals surface area (Å²) in [5.41, 5.74) is 5.38. The molecule has 0 saturated heterocycles.